The molecule has 1 aromatic carbocycles. The Hall–Kier alpha value is -0.810. The summed E-state index contributed by atoms with van der Waals surface area (Å²) in [5.41, 5.74) is 0.129. The Balaban J connectivity index is 2.14. The van der Waals surface area contributed by atoms with Crippen molar-refractivity contribution in [3.05, 3.63) is 28.0 Å². The van der Waals surface area contributed by atoms with Gasteiger partial charge in [-0.1, -0.05) is 15.9 Å². The number of nitrogens with zero attached hydrogens (tertiary/aromatic N) is 1. The highest BCUT2D eigenvalue weighted by atomic mass is 79.9. The van der Waals surface area contributed by atoms with Crippen molar-refractivity contribution >= 4 is 26.5 Å². The lowest BCUT2D eigenvalue weighted by molar-refractivity contribution is 0.178. The van der Waals surface area contributed by atoms with Crippen molar-refractivity contribution in [2.24, 2.45) is 0 Å². The Morgan fingerprint density at radius 3 is 2.58 bits per heavy atom. The number of halogens is 2. The SMILES string of the molecule is N#Cc1cc(Br)cc(F)c1OC1CCS(O)(O)CC1. The smallest absolute Gasteiger partial charge is 0.173 e. The van der Waals surface area contributed by atoms with Crippen molar-refractivity contribution in [1.82, 2.24) is 0 Å². The number of benzene rings is 1. The largest absolute Gasteiger partial charge is 0.486 e. The van der Waals surface area contributed by atoms with Gasteiger partial charge in [0.25, 0.3) is 0 Å². The summed E-state index contributed by atoms with van der Waals surface area (Å²) >= 11 is 3.12. The highest BCUT2D eigenvalue weighted by molar-refractivity contribution is 9.10. The van der Waals surface area contributed by atoms with E-state index in [0.717, 1.165) is 0 Å². The van der Waals surface area contributed by atoms with Crippen molar-refractivity contribution in [2.75, 3.05) is 11.5 Å². The third-order valence-electron chi connectivity index (χ3n) is 2.95. The van der Waals surface area contributed by atoms with Gasteiger partial charge in [-0.3, -0.25) is 9.11 Å². The van der Waals surface area contributed by atoms with Crippen molar-refractivity contribution in [3.8, 4) is 11.8 Å². The highest BCUT2D eigenvalue weighted by Crippen LogP contribution is 2.44. The van der Waals surface area contributed by atoms with Crippen LogP contribution in [0.4, 0.5) is 4.39 Å². The third-order valence-corrected chi connectivity index (χ3v) is 5.18. The molecule has 0 aliphatic carbocycles. The van der Waals surface area contributed by atoms with E-state index in [9.17, 15) is 13.5 Å². The summed E-state index contributed by atoms with van der Waals surface area (Å²) in [6, 6.07) is 4.63. The summed E-state index contributed by atoms with van der Waals surface area (Å²) in [5, 5.41) is 8.99. The van der Waals surface area contributed by atoms with Gasteiger partial charge in [0, 0.05) is 28.8 Å². The third kappa shape index (κ3) is 3.60. The topological polar surface area (TPSA) is 73.5 Å². The standard InChI is InChI=1S/C12H13BrFNO3S/c13-9-5-8(7-15)12(11(14)6-9)18-10-1-3-19(16,17)4-2-10/h5-6,10,16-17H,1-4H2. The summed E-state index contributed by atoms with van der Waals surface area (Å²) in [6.45, 7) is 0. The van der Waals surface area contributed by atoms with E-state index in [2.05, 4.69) is 15.9 Å². The van der Waals surface area contributed by atoms with E-state index in [1.807, 2.05) is 6.07 Å². The summed E-state index contributed by atoms with van der Waals surface area (Å²) in [6.07, 6.45) is 0.605. The van der Waals surface area contributed by atoms with E-state index in [-0.39, 0.29) is 28.9 Å². The zero-order chi connectivity index (χ0) is 14.0. The predicted octanol–water partition coefficient (Wildman–Crippen LogP) is 3.75. The number of rotatable bonds is 2. The van der Waals surface area contributed by atoms with Crippen LogP contribution in [0.2, 0.25) is 0 Å². The van der Waals surface area contributed by atoms with Crippen LogP contribution in [-0.4, -0.2) is 26.7 Å². The van der Waals surface area contributed by atoms with E-state index in [1.165, 1.54) is 12.1 Å². The predicted molar refractivity (Wildman–Crippen MR) is 75.0 cm³/mol. The van der Waals surface area contributed by atoms with Gasteiger partial charge < -0.3 is 4.74 Å². The molecule has 1 aliphatic rings. The number of ether oxygens (including phenoxy) is 1. The summed E-state index contributed by atoms with van der Waals surface area (Å²) in [4.78, 5) is 0. The van der Waals surface area contributed by atoms with Crippen LogP contribution in [0.5, 0.6) is 5.75 Å². The van der Waals surface area contributed by atoms with Crippen LogP contribution >= 0.6 is 26.5 Å². The Bertz CT molecular complexity index is 522. The van der Waals surface area contributed by atoms with Crippen molar-refractivity contribution in [2.45, 2.75) is 18.9 Å². The average molecular weight is 350 g/mol. The number of hydrogen-bond acceptors (Lipinski definition) is 4. The molecule has 1 aliphatic heterocycles. The zero-order valence-electron chi connectivity index (χ0n) is 9.97. The molecule has 1 aromatic rings. The molecule has 104 valence electrons. The van der Waals surface area contributed by atoms with Crippen LogP contribution in [0.25, 0.3) is 0 Å². The summed E-state index contributed by atoms with van der Waals surface area (Å²) in [5.74, 6) is -0.132. The first-order chi connectivity index (χ1) is 8.91. The van der Waals surface area contributed by atoms with E-state index in [0.29, 0.717) is 17.3 Å². The van der Waals surface area contributed by atoms with Crippen LogP contribution in [-0.2, 0) is 0 Å². The Kier molecular flexibility index (Phi) is 4.36. The lowest BCUT2D eigenvalue weighted by Gasteiger charge is -2.39. The molecule has 2 rings (SSSR count). The van der Waals surface area contributed by atoms with Crippen molar-refractivity contribution in [3.63, 3.8) is 0 Å². The summed E-state index contributed by atoms with van der Waals surface area (Å²) in [7, 11) is -2.49. The first kappa shape index (κ1) is 14.6. The second kappa shape index (κ2) is 5.67. The first-order valence-electron chi connectivity index (χ1n) is 5.71. The van der Waals surface area contributed by atoms with Crippen LogP contribution in [0.1, 0.15) is 18.4 Å². The molecule has 0 bridgehead atoms. The number of hydrogen-bond donors (Lipinski definition) is 2. The lowest BCUT2D eigenvalue weighted by Crippen LogP contribution is -2.29. The average Bonchev–Trinajstić information content (AvgIpc) is 2.34. The molecule has 0 amide bonds. The second-order valence-electron chi connectivity index (χ2n) is 4.40. The van der Waals surface area contributed by atoms with E-state index in [1.54, 1.807) is 0 Å². The maximum Gasteiger partial charge on any atom is 0.173 e. The van der Waals surface area contributed by atoms with Crippen molar-refractivity contribution in [1.29, 1.82) is 5.26 Å². The molecule has 0 radical (unpaired) electrons. The molecule has 1 heterocycles. The van der Waals surface area contributed by atoms with Gasteiger partial charge in [-0.15, -0.1) is 0 Å². The molecule has 0 aromatic heterocycles. The monoisotopic (exact) mass is 349 g/mol. The quantitative estimate of drug-likeness (QED) is 0.852. The van der Waals surface area contributed by atoms with Crippen molar-refractivity contribution < 1.29 is 18.2 Å². The van der Waals surface area contributed by atoms with Gasteiger partial charge in [-0.05, 0) is 12.1 Å². The van der Waals surface area contributed by atoms with Gasteiger partial charge in [0.15, 0.2) is 11.6 Å². The molecule has 7 heteroatoms. The molecular formula is C12H13BrFNO3S. The maximum absolute atomic E-state index is 13.8. The normalized spacial score (nSPS) is 20.6. The van der Waals surface area contributed by atoms with Gasteiger partial charge in [-0.25, -0.2) is 4.39 Å². The van der Waals surface area contributed by atoms with E-state index >= 15 is 0 Å². The lowest BCUT2D eigenvalue weighted by atomic mass is 10.2. The first-order valence-corrected chi connectivity index (χ1v) is 8.38. The van der Waals surface area contributed by atoms with E-state index in [4.69, 9.17) is 10.00 Å². The van der Waals surface area contributed by atoms with Crippen LogP contribution < -0.4 is 4.74 Å². The molecule has 0 spiro atoms. The molecule has 0 unspecified atom stereocenters. The molecule has 1 fully saturated rings. The molecule has 0 saturated carbocycles. The molecule has 19 heavy (non-hydrogen) atoms. The fourth-order valence-corrected chi connectivity index (χ4v) is 3.85. The minimum Gasteiger partial charge on any atom is -0.486 e. The van der Waals surface area contributed by atoms with Gasteiger partial charge >= 0.3 is 0 Å². The van der Waals surface area contributed by atoms with Gasteiger partial charge in [0.1, 0.15) is 12.2 Å². The van der Waals surface area contributed by atoms with E-state index < -0.39 is 16.4 Å². The molecule has 2 N–H and O–H groups in total. The second-order valence-corrected chi connectivity index (χ2v) is 7.74. The Morgan fingerprint density at radius 1 is 1.37 bits per heavy atom. The molecular weight excluding hydrogens is 337 g/mol. The fourth-order valence-electron chi connectivity index (χ4n) is 1.93. The van der Waals surface area contributed by atoms with Gasteiger partial charge in [-0.2, -0.15) is 15.9 Å². The minimum absolute atomic E-state index is 0.0610. The van der Waals surface area contributed by atoms with Crippen LogP contribution in [0.15, 0.2) is 16.6 Å². The highest BCUT2D eigenvalue weighted by Gasteiger charge is 2.26. The molecule has 0 atom stereocenters. The van der Waals surface area contributed by atoms with Crippen LogP contribution in [0.3, 0.4) is 0 Å². The van der Waals surface area contributed by atoms with Crippen LogP contribution in [0, 0.1) is 17.1 Å². The fraction of sp³-hybridized carbons (Fsp3) is 0.417. The van der Waals surface area contributed by atoms with Gasteiger partial charge in [0.05, 0.1) is 5.56 Å². The molecule has 1 saturated heterocycles. The molecule has 4 nitrogen and oxygen atoms in total. The Morgan fingerprint density at radius 2 is 2.00 bits per heavy atom. The maximum atomic E-state index is 13.8. The Labute approximate surface area is 120 Å². The number of nitriles is 1. The summed E-state index contributed by atoms with van der Waals surface area (Å²) < 4.78 is 38.8. The zero-order valence-corrected chi connectivity index (χ0v) is 12.4. The minimum atomic E-state index is -2.49. The van der Waals surface area contributed by atoms with Gasteiger partial charge in [0.2, 0.25) is 0 Å².